The number of amides is 1. The van der Waals surface area contributed by atoms with Crippen molar-refractivity contribution in [1.29, 1.82) is 0 Å². The lowest BCUT2D eigenvalue weighted by molar-refractivity contribution is -0.120. The van der Waals surface area contributed by atoms with Crippen molar-refractivity contribution in [1.82, 2.24) is 14.1 Å². The number of benzene rings is 2. The minimum absolute atomic E-state index is 0.182. The van der Waals surface area contributed by atoms with Crippen molar-refractivity contribution >= 4 is 21.6 Å². The first kappa shape index (κ1) is 22.2. The summed E-state index contributed by atoms with van der Waals surface area (Å²) in [6, 6.07) is 15.0. The molecule has 1 aliphatic heterocycles. The molecule has 0 aliphatic carbocycles. The van der Waals surface area contributed by atoms with Gasteiger partial charge in [0.25, 0.3) is 0 Å². The average molecular weight is 457 g/mol. The molecular weight excluding hydrogens is 431 g/mol. The molecule has 1 fully saturated rings. The van der Waals surface area contributed by atoms with E-state index in [-0.39, 0.29) is 35.6 Å². The van der Waals surface area contributed by atoms with Crippen LogP contribution < -0.4 is 5.32 Å². The van der Waals surface area contributed by atoms with Gasteiger partial charge >= 0.3 is 0 Å². The fourth-order valence-electron chi connectivity index (χ4n) is 4.09. The summed E-state index contributed by atoms with van der Waals surface area (Å²) in [4.78, 5) is 12.8. The highest BCUT2D eigenvalue weighted by atomic mass is 32.2. The number of aryl methyl sites for hydroxylation is 1. The van der Waals surface area contributed by atoms with Crippen LogP contribution in [0, 0.1) is 25.6 Å². The fourth-order valence-corrected chi connectivity index (χ4v) is 5.91. The maximum Gasteiger partial charge on any atom is 0.246 e. The Morgan fingerprint density at radius 2 is 1.66 bits per heavy atom. The Kier molecular flexibility index (Phi) is 6.12. The van der Waals surface area contributed by atoms with E-state index < -0.39 is 10.0 Å². The summed E-state index contributed by atoms with van der Waals surface area (Å²) >= 11 is 0. The van der Waals surface area contributed by atoms with Gasteiger partial charge < -0.3 is 5.32 Å². The third-order valence-electron chi connectivity index (χ3n) is 5.76. The molecule has 0 atom stereocenters. The first-order valence-corrected chi connectivity index (χ1v) is 11.9. The highest BCUT2D eigenvalue weighted by Gasteiger charge is 2.35. The van der Waals surface area contributed by atoms with Gasteiger partial charge in [-0.3, -0.25) is 4.79 Å². The number of nitrogens with zero attached hydrogens (tertiary/aromatic N) is 3. The highest BCUT2D eigenvalue weighted by molar-refractivity contribution is 7.89. The van der Waals surface area contributed by atoms with E-state index in [2.05, 4.69) is 10.4 Å². The molecule has 3 aromatic rings. The summed E-state index contributed by atoms with van der Waals surface area (Å²) in [6.07, 6.45) is 0.828. The van der Waals surface area contributed by atoms with Gasteiger partial charge in [-0.15, -0.1) is 0 Å². The predicted octanol–water partition coefficient (Wildman–Crippen LogP) is 3.67. The molecule has 1 saturated heterocycles. The largest absolute Gasteiger partial charge is 0.326 e. The van der Waals surface area contributed by atoms with Crippen molar-refractivity contribution in [3.63, 3.8) is 0 Å². The number of carbonyl (C=O) groups excluding carboxylic acids is 1. The van der Waals surface area contributed by atoms with Gasteiger partial charge in [0.2, 0.25) is 15.9 Å². The molecule has 168 valence electrons. The molecule has 1 amide bonds. The van der Waals surface area contributed by atoms with Gasteiger partial charge in [0.15, 0.2) is 0 Å². The van der Waals surface area contributed by atoms with Crippen LogP contribution in [-0.4, -0.2) is 41.5 Å². The van der Waals surface area contributed by atoms with Crippen LogP contribution in [-0.2, 0) is 14.8 Å². The van der Waals surface area contributed by atoms with Crippen molar-refractivity contribution in [2.24, 2.45) is 5.92 Å². The van der Waals surface area contributed by atoms with Crippen LogP contribution in [0.25, 0.3) is 5.69 Å². The van der Waals surface area contributed by atoms with Crippen LogP contribution in [0.15, 0.2) is 59.5 Å². The first-order valence-electron chi connectivity index (χ1n) is 10.5. The number of anilines is 1. The maximum absolute atomic E-state index is 13.4. The molecule has 32 heavy (non-hydrogen) atoms. The number of nitrogens with one attached hydrogen (secondary N) is 1. The van der Waals surface area contributed by atoms with Gasteiger partial charge in [0.1, 0.15) is 10.7 Å². The zero-order valence-electron chi connectivity index (χ0n) is 18.0. The number of aromatic nitrogens is 2. The number of hydrogen-bond acceptors (Lipinski definition) is 4. The van der Waals surface area contributed by atoms with Crippen molar-refractivity contribution < 1.29 is 17.6 Å². The van der Waals surface area contributed by atoms with Gasteiger partial charge in [0, 0.05) is 24.7 Å². The Labute approximate surface area is 186 Å². The molecule has 9 heteroatoms. The number of carbonyl (C=O) groups is 1. The smallest absolute Gasteiger partial charge is 0.246 e. The second kappa shape index (κ2) is 8.84. The number of halogens is 1. The molecule has 1 aliphatic rings. The second-order valence-corrected chi connectivity index (χ2v) is 9.80. The van der Waals surface area contributed by atoms with Gasteiger partial charge in [-0.25, -0.2) is 17.5 Å². The molecule has 7 nitrogen and oxygen atoms in total. The van der Waals surface area contributed by atoms with Gasteiger partial charge in [-0.1, -0.05) is 18.2 Å². The monoisotopic (exact) mass is 456 g/mol. The van der Waals surface area contributed by atoms with Crippen LogP contribution in [0.2, 0.25) is 0 Å². The number of piperidine rings is 1. The second-order valence-electron chi connectivity index (χ2n) is 7.92. The van der Waals surface area contributed by atoms with Crippen molar-refractivity contribution in [2.45, 2.75) is 31.6 Å². The quantitative estimate of drug-likeness (QED) is 0.635. The normalized spacial score (nSPS) is 15.6. The van der Waals surface area contributed by atoms with E-state index in [0.29, 0.717) is 29.9 Å². The average Bonchev–Trinajstić information content (AvgIpc) is 3.10. The molecule has 0 spiro atoms. The van der Waals surface area contributed by atoms with Gasteiger partial charge in [-0.2, -0.15) is 9.40 Å². The summed E-state index contributed by atoms with van der Waals surface area (Å²) in [5.41, 5.74) is 2.32. The van der Waals surface area contributed by atoms with Gasteiger partial charge in [-0.05, 0) is 63.1 Å². The number of hydrogen-bond donors (Lipinski definition) is 1. The van der Waals surface area contributed by atoms with E-state index >= 15 is 0 Å². The van der Waals surface area contributed by atoms with Crippen molar-refractivity contribution in [3.05, 3.63) is 71.8 Å². The van der Waals surface area contributed by atoms with Crippen LogP contribution in [0.1, 0.15) is 24.2 Å². The Bertz CT molecular complexity index is 1220. The molecule has 0 unspecified atom stereocenters. The summed E-state index contributed by atoms with van der Waals surface area (Å²) in [7, 11) is -3.75. The molecule has 2 heterocycles. The molecule has 0 bridgehead atoms. The Morgan fingerprint density at radius 1 is 1.03 bits per heavy atom. The number of para-hydroxylation sites is 1. The molecule has 1 aromatic heterocycles. The lowest BCUT2D eigenvalue weighted by Crippen LogP contribution is -2.41. The van der Waals surface area contributed by atoms with Crippen molar-refractivity contribution in [2.75, 3.05) is 18.4 Å². The van der Waals surface area contributed by atoms with Crippen LogP contribution in [0.4, 0.5) is 10.1 Å². The summed E-state index contributed by atoms with van der Waals surface area (Å²) < 4.78 is 42.9. The zero-order chi connectivity index (χ0) is 22.9. The summed E-state index contributed by atoms with van der Waals surface area (Å²) in [5.74, 6) is -0.860. The summed E-state index contributed by atoms with van der Waals surface area (Å²) in [6.45, 7) is 3.95. The molecule has 4 rings (SSSR count). The first-order chi connectivity index (χ1) is 15.3. The molecular formula is C23H25FN4O3S. The minimum Gasteiger partial charge on any atom is -0.326 e. The zero-order valence-corrected chi connectivity index (χ0v) is 18.8. The SMILES string of the molecule is Cc1nn(-c2ccccc2)c(C)c1S(=O)(=O)N1CCC(C(=O)Nc2ccc(F)cc2)CC1. The number of rotatable bonds is 5. The van der Waals surface area contributed by atoms with E-state index in [1.54, 1.807) is 18.5 Å². The van der Waals surface area contributed by atoms with E-state index in [4.69, 9.17) is 0 Å². The predicted molar refractivity (Wildman–Crippen MR) is 120 cm³/mol. The Hall–Kier alpha value is -3.04. The third kappa shape index (κ3) is 4.31. The van der Waals surface area contributed by atoms with Crippen LogP contribution in [0.5, 0.6) is 0 Å². The Balaban J connectivity index is 1.47. The van der Waals surface area contributed by atoms with E-state index in [1.165, 1.54) is 28.6 Å². The molecule has 0 saturated carbocycles. The maximum atomic E-state index is 13.4. The van der Waals surface area contributed by atoms with Crippen LogP contribution >= 0.6 is 0 Å². The lowest BCUT2D eigenvalue weighted by Gasteiger charge is -2.30. The van der Waals surface area contributed by atoms with E-state index in [9.17, 15) is 17.6 Å². The van der Waals surface area contributed by atoms with Crippen LogP contribution in [0.3, 0.4) is 0 Å². The lowest BCUT2D eigenvalue weighted by atomic mass is 9.97. The van der Waals surface area contributed by atoms with Gasteiger partial charge in [0.05, 0.1) is 17.1 Å². The molecule has 2 aromatic carbocycles. The molecule has 0 radical (unpaired) electrons. The topological polar surface area (TPSA) is 84.3 Å². The fraction of sp³-hybridized carbons (Fsp3) is 0.304. The van der Waals surface area contributed by atoms with E-state index in [1.807, 2.05) is 30.3 Å². The van der Waals surface area contributed by atoms with E-state index in [0.717, 1.165) is 5.69 Å². The Morgan fingerprint density at radius 3 is 2.28 bits per heavy atom. The minimum atomic E-state index is -3.75. The van der Waals surface area contributed by atoms with Crippen molar-refractivity contribution in [3.8, 4) is 5.69 Å². The standard InChI is InChI=1S/C23H25FN4O3S/c1-16-22(17(2)28(26-16)21-6-4-3-5-7-21)32(30,31)27-14-12-18(13-15-27)23(29)25-20-10-8-19(24)9-11-20/h3-11,18H,12-15H2,1-2H3,(H,25,29). The highest BCUT2D eigenvalue weighted by Crippen LogP contribution is 2.29. The number of sulfonamides is 1. The molecule has 1 N–H and O–H groups in total. The third-order valence-corrected chi connectivity index (χ3v) is 7.91. The summed E-state index contributed by atoms with van der Waals surface area (Å²) in [5, 5.41) is 7.23.